The summed E-state index contributed by atoms with van der Waals surface area (Å²) in [6.07, 6.45) is 6.00. The summed E-state index contributed by atoms with van der Waals surface area (Å²) >= 11 is 0. The van der Waals surface area contributed by atoms with Gasteiger partial charge in [0.1, 0.15) is 23.0 Å². The molecule has 1 aromatic heterocycles. The van der Waals surface area contributed by atoms with E-state index in [1.54, 1.807) is 0 Å². The highest BCUT2D eigenvalue weighted by Gasteiger charge is 2.14. The summed E-state index contributed by atoms with van der Waals surface area (Å²) in [5.74, 6) is 3.18. The molecule has 1 aliphatic heterocycles. The van der Waals surface area contributed by atoms with Crippen LogP contribution in [0, 0.1) is 0 Å². The lowest BCUT2D eigenvalue weighted by Gasteiger charge is -2.19. The van der Waals surface area contributed by atoms with Crippen LogP contribution in [0.5, 0.6) is 23.0 Å². The van der Waals surface area contributed by atoms with Crippen LogP contribution >= 0.6 is 0 Å². The highest BCUT2D eigenvalue weighted by molar-refractivity contribution is 5.93. The van der Waals surface area contributed by atoms with Gasteiger partial charge < -0.3 is 19.3 Å². The molecule has 7 rings (SSSR count). The molecule has 0 saturated heterocycles. The van der Waals surface area contributed by atoms with Crippen molar-refractivity contribution >= 4 is 16.5 Å². The predicted octanol–water partition coefficient (Wildman–Crippen LogP) is 9.33. The first kappa shape index (κ1) is 25.4. The molecular formula is C37H29N3O2. The number of aromatic nitrogens is 1. The minimum Gasteiger partial charge on any atom is -0.457 e. The number of ether oxygens (including phenoxy) is 2. The van der Waals surface area contributed by atoms with Crippen molar-refractivity contribution in [3.8, 4) is 45.4 Å². The van der Waals surface area contributed by atoms with Gasteiger partial charge in [0, 0.05) is 48.3 Å². The minimum absolute atomic E-state index is 0.787. The Bertz CT molecular complexity index is 1900. The van der Waals surface area contributed by atoms with E-state index in [1.165, 1.54) is 0 Å². The van der Waals surface area contributed by atoms with E-state index < -0.39 is 0 Å². The highest BCUT2D eigenvalue weighted by Crippen LogP contribution is 2.37. The summed E-state index contributed by atoms with van der Waals surface area (Å²) in [6, 6.07) is 42.9. The molecule has 0 unspecified atom stereocenters. The van der Waals surface area contributed by atoms with Crippen molar-refractivity contribution in [3.05, 3.63) is 146 Å². The molecule has 0 aliphatic carbocycles. The average Bonchev–Trinajstić information content (AvgIpc) is 3.48. The van der Waals surface area contributed by atoms with Gasteiger partial charge in [0.05, 0.1) is 12.4 Å². The minimum atomic E-state index is 0.787. The fourth-order valence-electron chi connectivity index (χ4n) is 5.19. The Kier molecular flexibility index (Phi) is 6.74. The number of fused-ring (bicyclic) bond motifs is 1. The molecule has 0 amide bonds. The van der Waals surface area contributed by atoms with E-state index >= 15 is 0 Å². The molecule has 0 atom stereocenters. The Morgan fingerprint density at radius 2 is 1.36 bits per heavy atom. The molecule has 0 spiro atoms. The van der Waals surface area contributed by atoms with Crippen LogP contribution < -0.4 is 14.4 Å². The second-order valence-electron chi connectivity index (χ2n) is 10.3. The Morgan fingerprint density at radius 1 is 0.595 bits per heavy atom. The monoisotopic (exact) mass is 547 g/mol. The van der Waals surface area contributed by atoms with Gasteiger partial charge in [-0.25, -0.2) is 0 Å². The van der Waals surface area contributed by atoms with Gasteiger partial charge in [0.25, 0.3) is 0 Å². The van der Waals surface area contributed by atoms with E-state index in [1.807, 2.05) is 72.9 Å². The third-order valence-electron chi connectivity index (χ3n) is 7.28. The molecular weight excluding hydrogens is 518 g/mol. The van der Waals surface area contributed by atoms with Crippen molar-refractivity contribution in [1.82, 2.24) is 9.88 Å². The quantitative estimate of drug-likeness (QED) is 0.199. The summed E-state index contributed by atoms with van der Waals surface area (Å²) in [4.78, 5) is 9.08. The van der Waals surface area contributed by atoms with Crippen molar-refractivity contribution < 1.29 is 9.47 Å². The summed E-state index contributed by atoms with van der Waals surface area (Å²) in [5.41, 5.74) is 5.06. The number of hydrogen-bond donors (Lipinski definition) is 0. The van der Waals surface area contributed by atoms with Crippen LogP contribution in [0.3, 0.4) is 0 Å². The maximum Gasteiger partial charge on any atom is 0.135 e. The van der Waals surface area contributed by atoms with E-state index in [4.69, 9.17) is 14.5 Å². The van der Waals surface area contributed by atoms with Crippen molar-refractivity contribution in [1.29, 1.82) is 0 Å². The van der Waals surface area contributed by atoms with Crippen LogP contribution in [0.25, 0.3) is 33.2 Å². The van der Waals surface area contributed by atoms with E-state index in [0.717, 1.165) is 68.5 Å². The summed E-state index contributed by atoms with van der Waals surface area (Å²) in [7, 11) is 2.06. The van der Waals surface area contributed by atoms with E-state index in [9.17, 15) is 0 Å². The molecule has 0 bridgehead atoms. The molecule has 5 aromatic carbocycles. The topological polar surface area (TPSA) is 37.8 Å². The third-order valence-corrected chi connectivity index (χ3v) is 7.28. The molecule has 0 saturated carbocycles. The van der Waals surface area contributed by atoms with E-state index in [2.05, 4.69) is 89.9 Å². The van der Waals surface area contributed by atoms with Crippen molar-refractivity contribution in [2.75, 3.05) is 18.6 Å². The molecule has 42 heavy (non-hydrogen) atoms. The second-order valence-corrected chi connectivity index (χ2v) is 10.3. The number of rotatable bonds is 7. The SMILES string of the molecule is CN1C=CN(c2cccc(Oc3cc(-c4cc(-c5cccc(Oc6ccccc6)c5)ccn4)cc4ccccc34)c2)C1. The van der Waals surface area contributed by atoms with E-state index in [0.29, 0.717) is 0 Å². The maximum absolute atomic E-state index is 6.56. The second kappa shape index (κ2) is 11.1. The number of anilines is 1. The number of para-hydroxylation sites is 1. The fourth-order valence-corrected chi connectivity index (χ4v) is 5.19. The first-order chi connectivity index (χ1) is 20.7. The normalized spacial score (nSPS) is 12.6. The summed E-state index contributed by atoms with van der Waals surface area (Å²) in [6.45, 7) is 0.811. The van der Waals surface area contributed by atoms with Gasteiger partial charge in [-0.2, -0.15) is 0 Å². The highest BCUT2D eigenvalue weighted by atomic mass is 16.5. The van der Waals surface area contributed by atoms with Crippen molar-refractivity contribution in [3.63, 3.8) is 0 Å². The van der Waals surface area contributed by atoms with Crippen LogP contribution in [-0.2, 0) is 0 Å². The summed E-state index contributed by atoms with van der Waals surface area (Å²) < 4.78 is 12.6. The van der Waals surface area contributed by atoms with Crippen LogP contribution in [0.1, 0.15) is 0 Å². The van der Waals surface area contributed by atoms with Crippen molar-refractivity contribution in [2.45, 2.75) is 0 Å². The van der Waals surface area contributed by atoms with Crippen LogP contribution in [-0.4, -0.2) is 23.6 Å². The van der Waals surface area contributed by atoms with Crippen LogP contribution in [0.4, 0.5) is 5.69 Å². The smallest absolute Gasteiger partial charge is 0.135 e. The standard InChI is InChI=1S/C37H29N3O2/c1-39-19-20-40(26-39)31-11-8-15-34(25-31)42-37-24-30(21-29-9-5-6-16-35(29)37)36-23-28(17-18-38-36)27-10-7-14-33(22-27)41-32-12-3-2-4-13-32/h2-25H,26H2,1H3. The van der Waals surface area contributed by atoms with Gasteiger partial charge in [-0.3, -0.25) is 4.98 Å². The number of pyridine rings is 1. The number of nitrogens with zero attached hydrogens (tertiary/aromatic N) is 3. The number of hydrogen-bond acceptors (Lipinski definition) is 5. The van der Waals surface area contributed by atoms with Gasteiger partial charge >= 0.3 is 0 Å². The Labute approximate surface area is 245 Å². The lowest BCUT2D eigenvalue weighted by molar-refractivity contribution is 0.483. The van der Waals surface area contributed by atoms with Gasteiger partial charge in [0.15, 0.2) is 0 Å². The molecule has 0 radical (unpaired) electrons. The Morgan fingerprint density at radius 3 is 2.21 bits per heavy atom. The molecule has 0 fully saturated rings. The molecule has 204 valence electrons. The number of benzene rings is 5. The van der Waals surface area contributed by atoms with Crippen LogP contribution in [0.2, 0.25) is 0 Å². The van der Waals surface area contributed by atoms with Gasteiger partial charge in [-0.15, -0.1) is 0 Å². The molecule has 6 aromatic rings. The average molecular weight is 548 g/mol. The lowest BCUT2D eigenvalue weighted by Crippen LogP contribution is -2.21. The first-order valence-electron chi connectivity index (χ1n) is 13.9. The van der Waals surface area contributed by atoms with Gasteiger partial charge in [-0.05, 0) is 77.2 Å². The Balaban J connectivity index is 1.22. The Hall–Kier alpha value is -5.55. The van der Waals surface area contributed by atoms with E-state index in [-0.39, 0.29) is 0 Å². The molecule has 5 nitrogen and oxygen atoms in total. The molecule has 0 N–H and O–H groups in total. The van der Waals surface area contributed by atoms with Crippen molar-refractivity contribution in [2.24, 2.45) is 0 Å². The molecule has 2 heterocycles. The lowest BCUT2D eigenvalue weighted by atomic mass is 10.0. The first-order valence-corrected chi connectivity index (χ1v) is 13.9. The van der Waals surface area contributed by atoms with Crippen LogP contribution in [0.15, 0.2) is 146 Å². The third kappa shape index (κ3) is 5.40. The molecule has 1 aliphatic rings. The maximum atomic E-state index is 6.56. The van der Waals surface area contributed by atoms with Gasteiger partial charge in [-0.1, -0.05) is 60.7 Å². The predicted molar refractivity (Wildman–Crippen MR) is 170 cm³/mol. The largest absolute Gasteiger partial charge is 0.457 e. The molecule has 5 heteroatoms. The van der Waals surface area contributed by atoms with Gasteiger partial charge in [0.2, 0.25) is 0 Å². The zero-order chi connectivity index (χ0) is 28.3. The zero-order valence-electron chi connectivity index (χ0n) is 23.2. The fraction of sp³-hybridized carbons (Fsp3) is 0.0541. The zero-order valence-corrected chi connectivity index (χ0v) is 23.2. The summed E-state index contributed by atoms with van der Waals surface area (Å²) in [5, 5.41) is 2.14.